The van der Waals surface area contributed by atoms with E-state index in [4.69, 9.17) is 0 Å². The molecule has 1 aromatic rings. The standard InChI is InChI=1S/C15H23N3O4S2/c1-23(19,20)18-10-4-5-12-8-9-14(11-15(12)18)17-24(21,22)16-13-6-2-3-7-13/h8-9,11,13,16-17H,2-7,10H2,1H3. The fourth-order valence-corrected chi connectivity index (χ4v) is 5.56. The molecule has 0 unspecified atom stereocenters. The van der Waals surface area contributed by atoms with E-state index < -0.39 is 20.2 Å². The van der Waals surface area contributed by atoms with E-state index in [0.29, 0.717) is 17.9 Å². The molecule has 0 atom stereocenters. The highest BCUT2D eigenvalue weighted by Gasteiger charge is 2.25. The molecule has 134 valence electrons. The third kappa shape index (κ3) is 4.01. The highest BCUT2D eigenvalue weighted by Crippen LogP contribution is 2.32. The summed E-state index contributed by atoms with van der Waals surface area (Å²) in [5.74, 6) is 0. The summed E-state index contributed by atoms with van der Waals surface area (Å²) in [6.45, 7) is 0.419. The minimum absolute atomic E-state index is 0.0207. The number of fused-ring (bicyclic) bond motifs is 1. The van der Waals surface area contributed by atoms with Crippen LogP contribution in [0.4, 0.5) is 11.4 Å². The SMILES string of the molecule is CS(=O)(=O)N1CCCc2ccc(NS(=O)(=O)NC3CCCC3)cc21. The van der Waals surface area contributed by atoms with Crippen LogP contribution in [0.15, 0.2) is 18.2 Å². The number of sulfonamides is 1. The predicted octanol–water partition coefficient (Wildman–Crippen LogP) is 1.59. The molecular formula is C15H23N3O4S2. The molecule has 3 rings (SSSR count). The topological polar surface area (TPSA) is 95.6 Å². The molecule has 24 heavy (non-hydrogen) atoms. The average molecular weight is 374 g/mol. The molecular weight excluding hydrogens is 350 g/mol. The molecule has 0 amide bonds. The summed E-state index contributed by atoms with van der Waals surface area (Å²) in [5, 5.41) is 0. The van der Waals surface area contributed by atoms with Gasteiger partial charge in [0.2, 0.25) is 10.0 Å². The zero-order chi connectivity index (χ0) is 17.4. The van der Waals surface area contributed by atoms with Gasteiger partial charge in [-0.1, -0.05) is 18.9 Å². The Bertz CT molecular complexity index is 815. The quantitative estimate of drug-likeness (QED) is 0.819. The van der Waals surface area contributed by atoms with Crippen molar-refractivity contribution in [2.24, 2.45) is 0 Å². The Balaban J connectivity index is 1.82. The van der Waals surface area contributed by atoms with Crippen LogP contribution in [-0.2, 0) is 26.7 Å². The van der Waals surface area contributed by atoms with Crippen LogP contribution in [0.25, 0.3) is 0 Å². The van der Waals surface area contributed by atoms with Gasteiger partial charge in [0.15, 0.2) is 0 Å². The van der Waals surface area contributed by atoms with Crippen molar-refractivity contribution in [1.82, 2.24) is 4.72 Å². The lowest BCUT2D eigenvalue weighted by molar-refractivity contribution is 0.557. The van der Waals surface area contributed by atoms with Crippen LogP contribution in [0.5, 0.6) is 0 Å². The van der Waals surface area contributed by atoms with Crippen molar-refractivity contribution >= 4 is 31.6 Å². The Kier molecular flexibility index (Phi) is 4.76. The average Bonchev–Trinajstić information content (AvgIpc) is 2.97. The summed E-state index contributed by atoms with van der Waals surface area (Å²) >= 11 is 0. The first kappa shape index (κ1) is 17.5. The summed E-state index contributed by atoms with van der Waals surface area (Å²) in [6, 6.07) is 5.05. The molecule has 0 aromatic heterocycles. The first-order chi connectivity index (χ1) is 11.2. The summed E-state index contributed by atoms with van der Waals surface area (Å²) in [6.07, 6.45) is 6.49. The maximum absolute atomic E-state index is 12.2. The number of hydrogen-bond acceptors (Lipinski definition) is 4. The Morgan fingerprint density at radius 2 is 1.79 bits per heavy atom. The van der Waals surface area contributed by atoms with E-state index in [0.717, 1.165) is 44.1 Å². The minimum atomic E-state index is -3.67. The molecule has 1 aliphatic heterocycles. The van der Waals surface area contributed by atoms with Gasteiger partial charge in [-0.3, -0.25) is 9.03 Å². The van der Waals surface area contributed by atoms with Crippen LogP contribution >= 0.6 is 0 Å². The van der Waals surface area contributed by atoms with Gasteiger partial charge in [-0.15, -0.1) is 0 Å². The van der Waals surface area contributed by atoms with Crippen LogP contribution in [-0.4, -0.2) is 35.7 Å². The Hall–Kier alpha value is -1.32. The van der Waals surface area contributed by atoms with Crippen molar-refractivity contribution in [2.45, 2.75) is 44.6 Å². The lowest BCUT2D eigenvalue weighted by Crippen LogP contribution is -2.37. The number of nitrogens with zero attached hydrogens (tertiary/aromatic N) is 1. The number of benzene rings is 1. The molecule has 1 aromatic carbocycles. The Morgan fingerprint density at radius 1 is 1.08 bits per heavy atom. The molecule has 1 saturated carbocycles. The number of hydrogen-bond donors (Lipinski definition) is 2. The molecule has 1 heterocycles. The van der Waals surface area contributed by atoms with Gasteiger partial charge in [-0.2, -0.15) is 13.1 Å². The fraction of sp³-hybridized carbons (Fsp3) is 0.600. The number of nitrogens with one attached hydrogen (secondary N) is 2. The minimum Gasteiger partial charge on any atom is -0.271 e. The van der Waals surface area contributed by atoms with Gasteiger partial charge in [0, 0.05) is 12.6 Å². The third-order valence-electron chi connectivity index (χ3n) is 4.49. The normalized spacial score (nSPS) is 19.3. The summed E-state index contributed by atoms with van der Waals surface area (Å²) in [7, 11) is -7.04. The molecule has 0 radical (unpaired) electrons. The van der Waals surface area contributed by atoms with Gasteiger partial charge in [-0.05, 0) is 43.4 Å². The summed E-state index contributed by atoms with van der Waals surface area (Å²) in [4.78, 5) is 0. The first-order valence-electron chi connectivity index (χ1n) is 8.15. The fourth-order valence-electron chi connectivity index (χ4n) is 3.40. The van der Waals surface area contributed by atoms with Gasteiger partial charge >= 0.3 is 0 Å². The van der Waals surface area contributed by atoms with E-state index in [1.807, 2.05) is 0 Å². The number of rotatable bonds is 5. The molecule has 2 aliphatic rings. The third-order valence-corrected chi connectivity index (χ3v) is 6.82. The van der Waals surface area contributed by atoms with Gasteiger partial charge in [0.05, 0.1) is 17.6 Å². The van der Waals surface area contributed by atoms with Crippen LogP contribution in [0.3, 0.4) is 0 Å². The van der Waals surface area contributed by atoms with Crippen LogP contribution in [0.1, 0.15) is 37.7 Å². The lowest BCUT2D eigenvalue weighted by Gasteiger charge is -2.29. The molecule has 1 fully saturated rings. The van der Waals surface area contributed by atoms with E-state index in [1.165, 1.54) is 10.6 Å². The summed E-state index contributed by atoms with van der Waals surface area (Å²) in [5.41, 5.74) is 1.85. The highest BCUT2D eigenvalue weighted by molar-refractivity contribution is 7.92. The molecule has 0 bridgehead atoms. The van der Waals surface area contributed by atoms with Crippen molar-refractivity contribution in [2.75, 3.05) is 21.8 Å². The van der Waals surface area contributed by atoms with Crippen molar-refractivity contribution < 1.29 is 16.8 Å². The second-order valence-corrected chi connectivity index (χ2v) is 9.84. The second kappa shape index (κ2) is 6.53. The Labute approximate surface area is 143 Å². The van der Waals surface area contributed by atoms with E-state index in [2.05, 4.69) is 9.44 Å². The van der Waals surface area contributed by atoms with E-state index in [-0.39, 0.29) is 6.04 Å². The largest absolute Gasteiger partial charge is 0.299 e. The monoisotopic (exact) mass is 373 g/mol. The van der Waals surface area contributed by atoms with Crippen LogP contribution in [0.2, 0.25) is 0 Å². The maximum atomic E-state index is 12.2. The van der Waals surface area contributed by atoms with Crippen molar-refractivity contribution in [1.29, 1.82) is 0 Å². The first-order valence-corrected chi connectivity index (χ1v) is 11.5. The second-order valence-electron chi connectivity index (χ2n) is 6.49. The van der Waals surface area contributed by atoms with E-state index in [1.54, 1.807) is 18.2 Å². The highest BCUT2D eigenvalue weighted by atomic mass is 32.2. The van der Waals surface area contributed by atoms with Gasteiger partial charge in [0.25, 0.3) is 10.2 Å². The van der Waals surface area contributed by atoms with E-state index >= 15 is 0 Å². The van der Waals surface area contributed by atoms with Crippen LogP contribution < -0.4 is 13.7 Å². The number of aryl methyl sites for hydroxylation is 1. The van der Waals surface area contributed by atoms with Gasteiger partial charge in [0.1, 0.15) is 0 Å². The van der Waals surface area contributed by atoms with Crippen LogP contribution in [0, 0.1) is 0 Å². The molecule has 1 aliphatic carbocycles. The molecule has 2 N–H and O–H groups in total. The van der Waals surface area contributed by atoms with Gasteiger partial charge < -0.3 is 0 Å². The zero-order valence-corrected chi connectivity index (χ0v) is 15.3. The molecule has 0 saturated heterocycles. The maximum Gasteiger partial charge on any atom is 0.299 e. The van der Waals surface area contributed by atoms with Crippen molar-refractivity contribution in [3.05, 3.63) is 23.8 Å². The predicted molar refractivity (Wildman–Crippen MR) is 94.9 cm³/mol. The zero-order valence-electron chi connectivity index (χ0n) is 13.7. The van der Waals surface area contributed by atoms with Gasteiger partial charge in [-0.25, -0.2) is 8.42 Å². The van der Waals surface area contributed by atoms with Crippen molar-refractivity contribution in [3.8, 4) is 0 Å². The van der Waals surface area contributed by atoms with Crippen molar-refractivity contribution in [3.63, 3.8) is 0 Å². The van der Waals surface area contributed by atoms with E-state index in [9.17, 15) is 16.8 Å². The lowest BCUT2D eigenvalue weighted by atomic mass is 10.0. The summed E-state index contributed by atoms with van der Waals surface area (Å²) < 4.78 is 54.9. The molecule has 7 nitrogen and oxygen atoms in total. The molecule has 9 heteroatoms. The smallest absolute Gasteiger partial charge is 0.271 e. The Morgan fingerprint density at radius 3 is 2.46 bits per heavy atom. The molecule has 0 spiro atoms. The number of anilines is 2.